The van der Waals surface area contributed by atoms with Crippen molar-refractivity contribution < 1.29 is 61.9 Å². The molecular formula is C13H15Cl3Zr. The molecule has 17 heavy (non-hydrogen) atoms. The fourth-order valence-corrected chi connectivity index (χ4v) is 3.86. The van der Waals surface area contributed by atoms with E-state index in [2.05, 4.69) is 38.2 Å². The number of hydrogen-bond acceptors (Lipinski definition) is 0. The zero-order valence-electron chi connectivity index (χ0n) is 9.93. The first-order valence-corrected chi connectivity index (χ1v) is 6.55. The summed E-state index contributed by atoms with van der Waals surface area (Å²) in [6.45, 7) is 4.49. The van der Waals surface area contributed by atoms with E-state index in [0.29, 0.717) is 0 Å². The number of rotatable bonds is 2. The molecule has 0 saturated heterocycles. The molecule has 0 N–H and O–H groups in total. The molecule has 2 aliphatic carbocycles. The number of allylic oxidation sites excluding steroid dienone is 8. The summed E-state index contributed by atoms with van der Waals surface area (Å²) in [5, 5.41) is 0. The minimum atomic E-state index is 0. The molecule has 0 fully saturated rings. The predicted molar refractivity (Wildman–Crippen MR) is 56.7 cm³/mol. The van der Waals surface area contributed by atoms with Crippen LogP contribution in [0.2, 0.25) is 3.63 Å². The summed E-state index contributed by atoms with van der Waals surface area (Å²) in [4.78, 5) is 0. The van der Waals surface area contributed by atoms with E-state index in [1.165, 1.54) is 24.0 Å². The van der Waals surface area contributed by atoms with Crippen LogP contribution in [0.5, 0.6) is 0 Å². The summed E-state index contributed by atoms with van der Waals surface area (Å²) >= 11 is 1.64. The van der Waals surface area contributed by atoms with Crippen LogP contribution in [-0.4, -0.2) is 0 Å². The van der Waals surface area contributed by atoms with Gasteiger partial charge in [-0.05, 0) is 0 Å². The van der Waals surface area contributed by atoms with Crippen molar-refractivity contribution in [1.82, 2.24) is 0 Å². The predicted octanol–water partition coefficient (Wildman–Crippen LogP) is -5.11. The molecule has 0 amide bonds. The molecule has 0 aromatic carbocycles. The van der Waals surface area contributed by atoms with Crippen LogP contribution in [-0.2, 0) is 24.7 Å². The van der Waals surface area contributed by atoms with Crippen molar-refractivity contribution >= 4 is 0 Å². The standard InChI is InChI=1S/C13H15.3ClH.Zr/c1-10-5-3-7-12(10)9-13-8-4-6-11(13)2;;;;/h3-6,9H,7-8H2,1-2H3;3*1H;/q;;;;+3/p-3. The maximum Gasteiger partial charge on any atom is -1.00 e. The molecule has 4 heteroatoms. The Morgan fingerprint density at radius 3 is 1.47 bits per heavy atom. The molecule has 0 heterocycles. The van der Waals surface area contributed by atoms with E-state index >= 15 is 0 Å². The molecule has 0 bridgehead atoms. The minimum absolute atomic E-state index is 0. The van der Waals surface area contributed by atoms with Gasteiger partial charge in [-0.3, -0.25) is 0 Å². The van der Waals surface area contributed by atoms with Gasteiger partial charge in [0.05, 0.1) is 0 Å². The van der Waals surface area contributed by atoms with Gasteiger partial charge in [0.1, 0.15) is 0 Å². The maximum atomic E-state index is 2.29. The summed E-state index contributed by atoms with van der Waals surface area (Å²) in [5.74, 6) is 0. The van der Waals surface area contributed by atoms with Gasteiger partial charge in [0, 0.05) is 0 Å². The van der Waals surface area contributed by atoms with Crippen LogP contribution < -0.4 is 37.2 Å². The Morgan fingerprint density at radius 1 is 0.882 bits per heavy atom. The van der Waals surface area contributed by atoms with Gasteiger partial charge in [-0.2, -0.15) is 0 Å². The smallest absolute Gasteiger partial charge is 1.00 e. The van der Waals surface area contributed by atoms with E-state index in [1.807, 2.05) is 0 Å². The normalized spacial score (nSPS) is 17.2. The number of halogens is 3. The van der Waals surface area contributed by atoms with Crippen LogP contribution in [0.15, 0.2) is 46.6 Å². The SMILES string of the molecule is CC1=C([CH]([Zr+3])C2=C(C)C=CC2)CC=C1.[Cl-].[Cl-].[Cl-]. The molecule has 0 aromatic heterocycles. The Hall–Kier alpha value is 0.713. The molecule has 0 aromatic rings. The average Bonchev–Trinajstić information content (AvgIpc) is 2.73. The quantitative estimate of drug-likeness (QED) is 0.457. The Labute approximate surface area is 138 Å². The molecule has 0 atom stereocenters. The van der Waals surface area contributed by atoms with E-state index in [4.69, 9.17) is 0 Å². The van der Waals surface area contributed by atoms with Crippen molar-refractivity contribution in [2.24, 2.45) is 0 Å². The first kappa shape index (κ1) is 20.0. The zero-order chi connectivity index (χ0) is 10.1. The fourth-order valence-electron chi connectivity index (χ4n) is 2.16. The maximum absolute atomic E-state index is 2.29. The fraction of sp³-hybridized carbons (Fsp3) is 0.385. The molecule has 0 unspecified atom stereocenters. The van der Waals surface area contributed by atoms with Crippen LogP contribution in [0, 0.1) is 0 Å². The van der Waals surface area contributed by atoms with Gasteiger partial charge >= 0.3 is 102 Å². The van der Waals surface area contributed by atoms with E-state index in [0.717, 1.165) is 3.63 Å². The third-order valence-electron chi connectivity index (χ3n) is 3.12. The third-order valence-corrected chi connectivity index (χ3v) is 4.83. The molecule has 0 spiro atoms. The molecule has 0 saturated carbocycles. The van der Waals surface area contributed by atoms with Crippen LogP contribution in [0.4, 0.5) is 0 Å². The van der Waals surface area contributed by atoms with Gasteiger partial charge in [-0.15, -0.1) is 0 Å². The third kappa shape index (κ3) is 4.39. The van der Waals surface area contributed by atoms with Crippen LogP contribution >= 0.6 is 0 Å². The Bertz CT molecular complexity index is 342. The molecule has 2 aliphatic rings. The van der Waals surface area contributed by atoms with Gasteiger partial charge in [-0.1, -0.05) is 0 Å². The Morgan fingerprint density at radius 2 is 1.24 bits per heavy atom. The second-order valence-corrected chi connectivity index (χ2v) is 5.48. The molecule has 0 nitrogen and oxygen atoms in total. The molecule has 2 rings (SSSR count). The van der Waals surface area contributed by atoms with Crippen LogP contribution in [0.3, 0.4) is 0 Å². The zero-order valence-corrected chi connectivity index (χ0v) is 14.7. The van der Waals surface area contributed by atoms with E-state index in [1.54, 1.807) is 35.9 Å². The van der Waals surface area contributed by atoms with Crippen LogP contribution in [0.25, 0.3) is 0 Å². The van der Waals surface area contributed by atoms with Crippen molar-refractivity contribution in [1.29, 1.82) is 0 Å². The van der Waals surface area contributed by atoms with Gasteiger partial charge in [-0.25, -0.2) is 0 Å². The summed E-state index contributed by atoms with van der Waals surface area (Å²) in [6, 6.07) is 0. The van der Waals surface area contributed by atoms with Gasteiger partial charge in [0.15, 0.2) is 0 Å². The second kappa shape index (κ2) is 8.75. The van der Waals surface area contributed by atoms with Gasteiger partial charge in [0.25, 0.3) is 0 Å². The monoisotopic (exact) mass is 366 g/mol. The van der Waals surface area contributed by atoms with E-state index in [-0.39, 0.29) is 37.2 Å². The summed E-state index contributed by atoms with van der Waals surface area (Å²) in [5.41, 5.74) is 6.31. The summed E-state index contributed by atoms with van der Waals surface area (Å²) in [7, 11) is 0. The minimum Gasteiger partial charge on any atom is -1.00 e. The second-order valence-electron chi connectivity index (χ2n) is 4.06. The Kier molecular flexibility index (Phi) is 10.3. The van der Waals surface area contributed by atoms with Crippen LogP contribution in [0.1, 0.15) is 26.7 Å². The molecule has 92 valence electrons. The summed E-state index contributed by atoms with van der Waals surface area (Å²) < 4.78 is 0.729. The Balaban J connectivity index is 0. The molecule has 0 aliphatic heterocycles. The first-order valence-electron chi connectivity index (χ1n) is 5.13. The molecule has 0 radical (unpaired) electrons. The first-order chi connectivity index (χ1) is 6.70. The topological polar surface area (TPSA) is 0 Å². The average molecular weight is 369 g/mol. The van der Waals surface area contributed by atoms with Crippen molar-refractivity contribution in [3.63, 3.8) is 0 Å². The number of hydrogen-bond donors (Lipinski definition) is 0. The van der Waals surface area contributed by atoms with Crippen molar-refractivity contribution in [3.8, 4) is 0 Å². The van der Waals surface area contributed by atoms with Crippen molar-refractivity contribution in [2.45, 2.75) is 30.3 Å². The molecular weight excluding hydrogens is 354 g/mol. The van der Waals surface area contributed by atoms with Crippen molar-refractivity contribution in [3.05, 3.63) is 46.6 Å². The van der Waals surface area contributed by atoms with E-state index in [9.17, 15) is 0 Å². The van der Waals surface area contributed by atoms with Crippen molar-refractivity contribution in [2.75, 3.05) is 0 Å². The largest absolute Gasteiger partial charge is 1.00 e. The van der Waals surface area contributed by atoms with Gasteiger partial charge in [0.2, 0.25) is 0 Å². The van der Waals surface area contributed by atoms with E-state index < -0.39 is 0 Å². The van der Waals surface area contributed by atoms with Gasteiger partial charge < -0.3 is 37.2 Å². The summed E-state index contributed by atoms with van der Waals surface area (Å²) in [6.07, 6.45) is 11.5.